The highest BCUT2D eigenvalue weighted by Crippen LogP contribution is 2.19. The number of nitrogens with zero attached hydrogens (tertiary/aromatic N) is 1. The molecule has 0 bridgehead atoms. The van der Waals surface area contributed by atoms with Crippen molar-refractivity contribution < 1.29 is 19.1 Å². The lowest BCUT2D eigenvalue weighted by molar-refractivity contribution is -0.120. The van der Waals surface area contributed by atoms with E-state index < -0.39 is 11.8 Å². The molecule has 2 aromatic rings. The third-order valence-corrected chi connectivity index (χ3v) is 3.34. The molecule has 7 nitrogen and oxygen atoms in total. The zero-order valence-corrected chi connectivity index (χ0v) is 14.8. The molecule has 7 heteroatoms. The number of hydrogen-bond donors (Lipinski definition) is 2. The molecule has 0 fully saturated rings. The number of nitrogens with two attached hydrogens (primary N) is 1. The van der Waals surface area contributed by atoms with Crippen LogP contribution in [0.2, 0.25) is 0 Å². The third kappa shape index (κ3) is 6.21. The van der Waals surface area contributed by atoms with E-state index in [-0.39, 0.29) is 12.2 Å². The Morgan fingerprint density at radius 2 is 1.89 bits per heavy atom. The van der Waals surface area contributed by atoms with Crippen LogP contribution in [-0.2, 0) is 9.59 Å². The molecule has 0 heterocycles. The van der Waals surface area contributed by atoms with Gasteiger partial charge in [-0.15, -0.1) is 0 Å². The quantitative estimate of drug-likeness (QED) is 0.551. The van der Waals surface area contributed by atoms with E-state index in [0.717, 1.165) is 0 Å². The second-order valence-electron chi connectivity index (χ2n) is 5.41. The van der Waals surface area contributed by atoms with Gasteiger partial charge < -0.3 is 20.5 Å². The van der Waals surface area contributed by atoms with Crippen molar-refractivity contribution in [2.75, 3.05) is 18.5 Å². The van der Waals surface area contributed by atoms with E-state index in [1.165, 1.54) is 6.08 Å². The van der Waals surface area contributed by atoms with Crippen molar-refractivity contribution in [3.63, 3.8) is 0 Å². The Morgan fingerprint density at radius 3 is 2.52 bits per heavy atom. The number of anilines is 1. The SMILES string of the molecule is CCOc1cccc(NC(=O)/C(C#N)=C/c2ccc(OCC(N)=O)cc2)c1. The van der Waals surface area contributed by atoms with Crippen LogP contribution in [0.3, 0.4) is 0 Å². The molecule has 0 saturated heterocycles. The maximum absolute atomic E-state index is 12.3. The smallest absolute Gasteiger partial charge is 0.266 e. The Kier molecular flexibility index (Phi) is 6.97. The van der Waals surface area contributed by atoms with Crippen LogP contribution in [0.4, 0.5) is 5.69 Å². The summed E-state index contributed by atoms with van der Waals surface area (Å²) in [6.45, 7) is 2.16. The number of primary amides is 1. The zero-order valence-electron chi connectivity index (χ0n) is 14.8. The summed E-state index contributed by atoms with van der Waals surface area (Å²) in [6, 6.07) is 15.4. The number of carbonyl (C=O) groups is 2. The van der Waals surface area contributed by atoms with E-state index in [1.807, 2.05) is 13.0 Å². The van der Waals surface area contributed by atoms with E-state index in [4.69, 9.17) is 15.2 Å². The Bertz CT molecular complexity index is 883. The van der Waals surface area contributed by atoms with Crippen molar-refractivity contribution in [2.45, 2.75) is 6.92 Å². The van der Waals surface area contributed by atoms with Crippen molar-refractivity contribution in [1.82, 2.24) is 0 Å². The van der Waals surface area contributed by atoms with Gasteiger partial charge in [0.15, 0.2) is 6.61 Å². The third-order valence-electron chi connectivity index (χ3n) is 3.34. The number of hydrogen-bond acceptors (Lipinski definition) is 5. The van der Waals surface area contributed by atoms with Crippen LogP contribution >= 0.6 is 0 Å². The second kappa shape index (κ2) is 9.63. The molecule has 0 saturated carbocycles. The van der Waals surface area contributed by atoms with Crippen LogP contribution in [0.15, 0.2) is 54.1 Å². The maximum Gasteiger partial charge on any atom is 0.266 e. The highest BCUT2D eigenvalue weighted by atomic mass is 16.5. The monoisotopic (exact) mass is 365 g/mol. The number of carbonyl (C=O) groups excluding carboxylic acids is 2. The van der Waals surface area contributed by atoms with Crippen LogP contribution in [0, 0.1) is 11.3 Å². The van der Waals surface area contributed by atoms with Gasteiger partial charge in [0.25, 0.3) is 11.8 Å². The van der Waals surface area contributed by atoms with Crippen LogP contribution in [-0.4, -0.2) is 25.0 Å². The van der Waals surface area contributed by atoms with Gasteiger partial charge >= 0.3 is 0 Å². The van der Waals surface area contributed by atoms with Gasteiger partial charge in [0, 0.05) is 11.8 Å². The first-order chi connectivity index (χ1) is 13.0. The molecule has 0 aliphatic rings. The van der Waals surface area contributed by atoms with Gasteiger partial charge in [-0.2, -0.15) is 5.26 Å². The molecule has 0 radical (unpaired) electrons. The summed E-state index contributed by atoms with van der Waals surface area (Å²) in [6.07, 6.45) is 1.46. The Morgan fingerprint density at radius 1 is 1.15 bits per heavy atom. The summed E-state index contributed by atoms with van der Waals surface area (Å²) >= 11 is 0. The van der Waals surface area contributed by atoms with Crippen LogP contribution in [0.5, 0.6) is 11.5 Å². The van der Waals surface area contributed by atoms with Crippen molar-refractivity contribution in [1.29, 1.82) is 5.26 Å². The van der Waals surface area contributed by atoms with Gasteiger partial charge in [-0.1, -0.05) is 18.2 Å². The van der Waals surface area contributed by atoms with Crippen molar-refractivity contribution in [2.24, 2.45) is 5.73 Å². The number of benzene rings is 2. The Labute approximate surface area is 157 Å². The van der Waals surface area contributed by atoms with E-state index >= 15 is 0 Å². The first-order valence-electron chi connectivity index (χ1n) is 8.19. The fourth-order valence-corrected chi connectivity index (χ4v) is 2.16. The van der Waals surface area contributed by atoms with Gasteiger partial charge in [-0.3, -0.25) is 9.59 Å². The first kappa shape index (κ1) is 19.5. The minimum Gasteiger partial charge on any atom is -0.494 e. The minimum atomic E-state index is -0.573. The van der Waals surface area contributed by atoms with E-state index in [1.54, 1.807) is 48.5 Å². The van der Waals surface area contributed by atoms with Crippen molar-refractivity contribution >= 4 is 23.6 Å². The second-order valence-corrected chi connectivity index (χ2v) is 5.41. The summed E-state index contributed by atoms with van der Waals surface area (Å²) in [4.78, 5) is 23.0. The van der Waals surface area contributed by atoms with Gasteiger partial charge in [-0.05, 0) is 42.8 Å². The predicted molar refractivity (Wildman–Crippen MR) is 101 cm³/mol. The molecule has 3 N–H and O–H groups in total. The summed E-state index contributed by atoms with van der Waals surface area (Å²) < 4.78 is 10.5. The Balaban J connectivity index is 2.08. The summed E-state index contributed by atoms with van der Waals surface area (Å²) in [5.74, 6) is -0.0120. The maximum atomic E-state index is 12.3. The Hall–Kier alpha value is -3.79. The lowest BCUT2D eigenvalue weighted by atomic mass is 10.1. The molecule has 2 aromatic carbocycles. The van der Waals surface area contributed by atoms with E-state index in [2.05, 4.69) is 5.32 Å². The summed E-state index contributed by atoms with van der Waals surface area (Å²) in [5.41, 5.74) is 6.13. The van der Waals surface area contributed by atoms with Crippen molar-refractivity contribution in [3.8, 4) is 17.6 Å². The number of rotatable bonds is 8. The molecule has 27 heavy (non-hydrogen) atoms. The molecule has 0 aliphatic carbocycles. The molecule has 0 atom stereocenters. The predicted octanol–water partition coefficient (Wildman–Crippen LogP) is 2.50. The average molecular weight is 365 g/mol. The van der Waals surface area contributed by atoms with Gasteiger partial charge in [0.05, 0.1) is 6.61 Å². The number of amides is 2. The van der Waals surface area contributed by atoms with Gasteiger partial charge in [-0.25, -0.2) is 0 Å². The van der Waals surface area contributed by atoms with Gasteiger partial charge in [0.1, 0.15) is 23.1 Å². The molecule has 0 unspecified atom stereocenters. The van der Waals surface area contributed by atoms with Crippen LogP contribution < -0.4 is 20.5 Å². The summed E-state index contributed by atoms with van der Waals surface area (Å²) in [5, 5.41) is 12.0. The molecular formula is C20H19N3O4. The molecule has 2 amide bonds. The molecule has 2 rings (SSSR count). The van der Waals surface area contributed by atoms with Crippen molar-refractivity contribution in [3.05, 3.63) is 59.7 Å². The van der Waals surface area contributed by atoms with E-state index in [9.17, 15) is 14.9 Å². The number of nitrogens with one attached hydrogen (secondary N) is 1. The fraction of sp³-hybridized carbons (Fsp3) is 0.150. The molecule has 0 spiro atoms. The standard InChI is InChI=1S/C20H19N3O4/c1-2-26-18-5-3-4-16(11-18)23-20(25)15(12-21)10-14-6-8-17(9-7-14)27-13-19(22)24/h3-11H,2,13H2,1H3,(H2,22,24)(H,23,25)/b15-10+. The molecule has 0 aromatic heterocycles. The van der Waals surface area contributed by atoms with Gasteiger partial charge in [0.2, 0.25) is 0 Å². The van der Waals surface area contributed by atoms with E-state index in [0.29, 0.717) is 29.4 Å². The highest BCUT2D eigenvalue weighted by molar-refractivity contribution is 6.09. The largest absolute Gasteiger partial charge is 0.494 e. The molecule has 0 aliphatic heterocycles. The van der Waals surface area contributed by atoms with Crippen LogP contribution in [0.25, 0.3) is 6.08 Å². The summed E-state index contributed by atoms with van der Waals surface area (Å²) in [7, 11) is 0. The topological polar surface area (TPSA) is 114 Å². The highest BCUT2D eigenvalue weighted by Gasteiger charge is 2.10. The number of ether oxygens (including phenoxy) is 2. The zero-order chi connectivity index (χ0) is 19.6. The van der Waals surface area contributed by atoms with Crippen LogP contribution in [0.1, 0.15) is 12.5 Å². The molecule has 138 valence electrons. The lowest BCUT2D eigenvalue weighted by Crippen LogP contribution is -2.19. The number of nitriles is 1. The first-order valence-corrected chi connectivity index (χ1v) is 8.19. The molecular weight excluding hydrogens is 346 g/mol. The minimum absolute atomic E-state index is 0.0531. The normalized spacial score (nSPS) is 10.6. The average Bonchev–Trinajstić information content (AvgIpc) is 2.65. The lowest BCUT2D eigenvalue weighted by Gasteiger charge is -2.07. The fourth-order valence-electron chi connectivity index (χ4n) is 2.16.